The summed E-state index contributed by atoms with van der Waals surface area (Å²) in [6.45, 7) is 5.81. The summed E-state index contributed by atoms with van der Waals surface area (Å²) in [5.74, 6) is -0.542. The zero-order chi connectivity index (χ0) is 14.1. The highest BCUT2D eigenvalue weighted by Crippen LogP contribution is 2.04. The van der Waals surface area contributed by atoms with Crippen molar-refractivity contribution in [2.45, 2.75) is 26.8 Å². The smallest absolute Gasteiger partial charge is 0.313 e. The van der Waals surface area contributed by atoms with E-state index in [2.05, 4.69) is 0 Å². The summed E-state index contributed by atoms with van der Waals surface area (Å²) in [6.07, 6.45) is -0.140. The first-order valence-electron chi connectivity index (χ1n) is 6.59. The number of nitrogens with zero attached hydrogens (tertiary/aromatic N) is 1. The number of rotatable bonds is 8. The molecule has 1 aromatic rings. The number of carbonyl (C=O) groups excluding carboxylic acids is 2. The lowest BCUT2D eigenvalue weighted by Crippen LogP contribution is -2.30. The van der Waals surface area contributed by atoms with Gasteiger partial charge in [0.05, 0.1) is 13.2 Å². The van der Waals surface area contributed by atoms with Crippen LogP contribution in [0.1, 0.15) is 25.8 Å². The van der Waals surface area contributed by atoms with Crippen LogP contribution >= 0.6 is 0 Å². The van der Waals surface area contributed by atoms with Crippen LogP contribution < -0.4 is 0 Å². The second-order valence-electron chi connectivity index (χ2n) is 4.31. The molecule has 0 aromatic heterocycles. The van der Waals surface area contributed by atoms with E-state index >= 15 is 0 Å². The first-order valence-corrected chi connectivity index (χ1v) is 6.59. The molecule has 1 aromatic carbocycles. The van der Waals surface area contributed by atoms with Crippen LogP contribution in [-0.4, -0.2) is 36.3 Å². The second-order valence-corrected chi connectivity index (χ2v) is 4.31. The zero-order valence-corrected chi connectivity index (χ0v) is 11.6. The van der Waals surface area contributed by atoms with Crippen LogP contribution in [0, 0.1) is 0 Å². The Morgan fingerprint density at radius 3 is 2.42 bits per heavy atom. The quantitative estimate of drug-likeness (QED) is 0.532. The van der Waals surface area contributed by atoms with Crippen LogP contribution in [0.25, 0.3) is 0 Å². The van der Waals surface area contributed by atoms with Crippen LogP contribution in [0.4, 0.5) is 0 Å². The summed E-state index contributed by atoms with van der Waals surface area (Å²) in [7, 11) is 0. The van der Waals surface area contributed by atoms with Crippen molar-refractivity contribution < 1.29 is 14.3 Å². The average molecular weight is 263 g/mol. The number of Topliss-reactive ketones (excluding diaryl/α,β-unsaturated/α-hetero) is 1. The Balaban J connectivity index is 2.44. The number of hydrogen-bond donors (Lipinski definition) is 0. The highest BCUT2D eigenvalue weighted by Gasteiger charge is 2.14. The minimum absolute atomic E-state index is 0.101. The molecule has 0 saturated heterocycles. The minimum Gasteiger partial charge on any atom is -0.466 e. The molecule has 0 heterocycles. The molecule has 19 heavy (non-hydrogen) atoms. The number of carbonyl (C=O) groups is 2. The lowest BCUT2D eigenvalue weighted by Gasteiger charge is -2.19. The monoisotopic (exact) mass is 263 g/mol. The molecule has 104 valence electrons. The van der Waals surface area contributed by atoms with Crippen LogP contribution in [0.2, 0.25) is 0 Å². The largest absolute Gasteiger partial charge is 0.466 e. The molecule has 0 spiro atoms. The minimum atomic E-state index is -0.441. The maximum absolute atomic E-state index is 11.7. The number of benzene rings is 1. The Morgan fingerprint density at radius 2 is 1.84 bits per heavy atom. The predicted molar refractivity (Wildman–Crippen MR) is 73.7 cm³/mol. The van der Waals surface area contributed by atoms with Crippen molar-refractivity contribution in [3.05, 3.63) is 35.9 Å². The Kier molecular flexibility index (Phi) is 6.82. The molecule has 4 heteroatoms. The fourth-order valence-corrected chi connectivity index (χ4v) is 1.80. The second kappa shape index (κ2) is 8.43. The molecule has 0 unspecified atom stereocenters. The van der Waals surface area contributed by atoms with Gasteiger partial charge in [-0.25, -0.2) is 0 Å². The van der Waals surface area contributed by atoms with E-state index in [-0.39, 0.29) is 18.7 Å². The molecular formula is C15H21NO3. The van der Waals surface area contributed by atoms with Crippen molar-refractivity contribution in [3.8, 4) is 0 Å². The van der Waals surface area contributed by atoms with Crippen LogP contribution in [-0.2, 0) is 20.9 Å². The SMILES string of the molecule is CCOC(=O)CC(=O)CN(CC)Cc1ccccc1. The van der Waals surface area contributed by atoms with Crippen LogP contribution in [0.5, 0.6) is 0 Å². The fraction of sp³-hybridized carbons (Fsp3) is 0.467. The van der Waals surface area contributed by atoms with Crippen molar-refractivity contribution in [2.75, 3.05) is 19.7 Å². The van der Waals surface area contributed by atoms with Crippen molar-refractivity contribution >= 4 is 11.8 Å². The van der Waals surface area contributed by atoms with Gasteiger partial charge in [-0.1, -0.05) is 37.3 Å². The van der Waals surface area contributed by atoms with E-state index in [0.29, 0.717) is 13.2 Å². The van der Waals surface area contributed by atoms with E-state index in [1.807, 2.05) is 42.2 Å². The molecule has 0 N–H and O–H groups in total. The number of esters is 1. The van der Waals surface area contributed by atoms with Gasteiger partial charge in [0, 0.05) is 6.54 Å². The number of likely N-dealkylation sites (N-methyl/N-ethyl adjacent to an activating group) is 1. The van der Waals surface area contributed by atoms with E-state index < -0.39 is 5.97 Å². The van der Waals surface area contributed by atoms with Gasteiger partial charge >= 0.3 is 5.97 Å². The summed E-state index contributed by atoms with van der Waals surface area (Å²) in [5, 5.41) is 0. The Labute approximate surface area is 114 Å². The number of ketones is 1. The molecule has 0 saturated carbocycles. The molecule has 0 radical (unpaired) electrons. The van der Waals surface area contributed by atoms with E-state index in [1.165, 1.54) is 0 Å². The van der Waals surface area contributed by atoms with Crippen LogP contribution in [0.15, 0.2) is 30.3 Å². The molecule has 0 atom stereocenters. The fourth-order valence-electron chi connectivity index (χ4n) is 1.80. The summed E-state index contributed by atoms with van der Waals surface area (Å²) < 4.78 is 4.77. The number of hydrogen-bond acceptors (Lipinski definition) is 4. The molecule has 0 aliphatic rings. The standard InChI is InChI=1S/C15H21NO3/c1-3-16(11-13-8-6-5-7-9-13)12-14(17)10-15(18)19-4-2/h5-9H,3-4,10-12H2,1-2H3. The Morgan fingerprint density at radius 1 is 1.16 bits per heavy atom. The first-order chi connectivity index (χ1) is 9.15. The van der Waals surface area contributed by atoms with Gasteiger partial charge in [0.15, 0.2) is 5.78 Å². The first kappa shape index (κ1) is 15.4. The molecule has 0 aliphatic carbocycles. The highest BCUT2D eigenvalue weighted by atomic mass is 16.5. The van der Waals surface area contributed by atoms with E-state index in [4.69, 9.17) is 4.74 Å². The van der Waals surface area contributed by atoms with Gasteiger partial charge in [-0.2, -0.15) is 0 Å². The van der Waals surface area contributed by atoms with Crippen molar-refractivity contribution in [3.63, 3.8) is 0 Å². The van der Waals surface area contributed by atoms with Gasteiger partial charge in [0.25, 0.3) is 0 Å². The topological polar surface area (TPSA) is 46.6 Å². The lowest BCUT2D eigenvalue weighted by molar-refractivity contribution is -0.145. The highest BCUT2D eigenvalue weighted by molar-refractivity contribution is 5.96. The van der Waals surface area contributed by atoms with Gasteiger partial charge in [0.2, 0.25) is 0 Å². The summed E-state index contributed by atoms with van der Waals surface area (Å²) >= 11 is 0. The van der Waals surface area contributed by atoms with E-state index in [1.54, 1.807) is 6.92 Å². The van der Waals surface area contributed by atoms with Crippen molar-refractivity contribution in [1.29, 1.82) is 0 Å². The third-order valence-electron chi connectivity index (χ3n) is 2.74. The predicted octanol–water partition coefficient (Wildman–Crippen LogP) is 2.03. The Hall–Kier alpha value is -1.68. The molecule has 4 nitrogen and oxygen atoms in total. The van der Waals surface area contributed by atoms with Gasteiger partial charge < -0.3 is 4.74 Å². The summed E-state index contributed by atoms with van der Waals surface area (Å²) in [5.41, 5.74) is 1.16. The van der Waals surface area contributed by atoms with Gasteiger partial charge in [-0.05, 0) is 19.0 Å². The third-order valence-corrected chi connectivity index (χ3v) is 2.74. The zero-order valence-electron chi connectivity index (χ0n) is 11.6. The van der Waals surface area contributed by atoms with Gasteiger partial charge in [-0.3, -0.25) is 14.5 Å². The van der Waals surface area contributed by atoms with Gasteiger partial charge in [0.1, 0.15) is 6.42 Å². The van der Waals surface area contributed by atoms with E-state index in [0.717, 1.165) is 12.1 Å². The van der Waals surface area contributed by atoms with Crippen LogP contribution in [0.3, 0.4) is 0 Å². The summed E-state index contributed by atoms with van der Waals surface area (Å²) in [4.78, 5) is 25.0. The molecular weight excluding hydrogens is 242 g/mol. The normalized spacial score (nSPS) is 10.5. The maximum atomic E-state index is 11.7. The molecule has 0 fully saturated rings. The van der Waals surface area contributed by atoms with E-state index in [9.17, 15) is 9.59 Å². The summed E-state index contributed by atoms with van der Waals surface area (Å²) in [6, 6.07) is 9.97. The van der Waals surface area contributed by atoms with Crippen molar-refractivity contribution in [1.82, 2.24) is 4.90 Å². The maximum Gasteiger partial charge on any atom is 0.313 e. The lowest BCUT2D eigenvalue weighted by atomic mass is 10.2. The van der Waals surface area contributed by atoms with Gasteiger partial charge in [-0.15, -0.1) is 0 Å². The third kappa shape index (κ3) is 6.15. The molecule has 0 amide bonds. The Bertz CT molecular complexity index is 403. The molecule has 0 bridgehead atoms. The number of ether oxygens (including phenoxy) is 1. The molecule has 0 aliphatic heterocycles. The molecule has 1 rings (SSSR count). The van der Waals surface area contributed by atoms with Crippen molar-refractivity contribution in [2.24, 2.45) is 0 Å². The average Bonchev–Trinajstić information content (AvgIpc) is 2.39.